The molecule has 1 aliphatic rings. The van der Waals surface area contributed by atoms with Gasteiger partial charge in [-0.3, -0.25) is 4.79 Å². The van der Waals surface area contributed by atoms with Gasteiger partial charge in [-0.1, -0.05) is 0 Å². The zero-order chi connectivity index (χ0) is 11.5. The second kappa shape index (κ2) is 4.94. The summed E-state index contributed by atoms with van der Waals surface area (Å²) in [6.45, 7) is 7.72. The fourth-order valence-electron chi connectivity index (χ4n) is 1.59. The Kier molecular flexibility index (Phi) is 4.11. The van der Waals surface area contributed by atoms with Crippen molar-refractivity contribution >= 4 is 5.91 Å². The van der Waals surface area contributed by atoms with Crippen molar-refractivity contribution in [2.24, 2.45) is 0 Å². The largest absolute Gasteiger partial charge is 0.366 e. The molecule has 4 nitrogen and oxygen atoms in total. The average Bonchev–Trinajstić information content (AvgIpc) is 2.61. The monoisotopic (exact) mass is 214 g/mol. The second-order valence-electron chi connectivity index (χ2n) is 5.02. The minimum atomic E-state index is -0.238. The number of carbonyl (C=O) groups is 1. The summed E-state index contributed by atoms with van der Waals surface area (Å²) in [7, 11) is 1.93. The maximum absolute atomic E-state index is 11.7. The van der Waals surface area contributed by atoms with E-state index in [1.165, 1.54) is 0 Å². The molecule has 1 unspecified atom stereocenters. The number of hydrogen-bond donors (Lipinski definition) is 1. The molecule has 88 valence electrons. The Labute approximate surface area is 92.0 Å². The normalized spacial score (nSPS) is 22.1. The highest BCUT2D eigenvalue weighted by Gasteiger charge is 2.25. The first-order valence-electron chi connectivity index (χ1n) is 5.51. The smallest absolute Gasteiger partial charge is 0.248 e. The van der Waals surface area contributed by atoms with Gasteiger partial charge in [0.05, 0.1) is 5.60 Å². The minimum absolute atomic E-state index is 0.0997. The lowest BCUT2D eigenvalue weighted by Crippen LogP contribution is -2.37. The molecule has 1 amide bonds. The summed E-state index contributed by atoms with van der Waals surface area (Å²) < 4.78 is 5.46. The van der Waals surface area contributed by atoms with Crippen LogP contribution in [0, 0.1) is 0 Å². The summed E-state index contributed by atoms with van der Waals surface area (Å²) in [4.78, 5) is 13.6. The third-order valence-electron chi connectivity index (χ3n) is 2.58. The third-order valence-corrected chi connectivity index (χ3v) is 2.58. The van der Waals surface area contributed by atoms with Crippen molar-refractivity contribution in [1.82, 2.24) is 10.2 Å². The van der Waals surface area contributed by atoms with Crippen LogP contribution in [0.25, 0.3) is 0 Å². The number of rotatable bonds is 3. The number of nitrogens with one attached hydrogen (secondary N) is 1. The van der Waals surface area contributed by atoms with E-state index in [1.54, 1.807) is 0 Å². The number of likely N-dealkylation sites (tertiary alicyclic amines) is 1. The van der Waals surface area contributed by atoms with Gasteiger partial charge in [0, 0.05) is 19.1 Å². The fourth-order valence-corrected chi connectivity index (χ4v) is 1.59. The molecule has 0 spiro atoms. The quantitative estimate of drug-likeness (QED) is 0.749. The summed E-state index contributed by atoms with van der Waals surface area (Å²) in [5.74, 6) is 0.0997. The molecular formula is C11H22N2O2. The predicted molar refractivity (Wildman–Crippen MR) is 59.7 cm³/mol. The molecule has 0 aliphatic carbocycles. The molecule has 1 heterocycles. The molecule has 1 N–H and O–H groups in total. The van der Waals surface area contributed by atoms with Gasteiger partial charge >= 0.3 is 0 Å². The first-order valence-corrected chi connectivity index (χ1v) is 5.51. The van der Waals surface area contributed by atoms with E-state index in [-0.39, 0.29) is 18.1 Å². The van der Waals surface area contributed by atoms with Gasteiger partial charge in [-0.2, -0.15) is 0 Å². The Hall–Kier alpha value is -0.610. The van der Waals surface area contributed by atoms with Crippen LogP contribution in [0.3, 0.4) is 0 Å². The van der Waals surface area contributed by atoms with E-state index in [9.17, 15) is 4.79 Å². The van der Waals surface area contributed by atoms with Gasteiger partial charge in [-0.15, -0.1) is 0 Å². The fraction of sp³-hybridized carbons (Fsp3) is 0.909. The number of hydrogen-bond acceptors (Lipinski definition) is 3. The van der Waals surface area contributed by atoms with Crippen LogP contribution in [0.4, 0.5) is 0 Å². The van der Waals surface area contributed by atoms with Crippen molar-refractivity contribution in [3.8, 4) is 0 Å². The second-order valence-corrected chi connectivity index (χ2v) is 5.02. The zero-order valence-corrected chi connectivity index (χ0v) is 10.2. The van der Waals surface area contributed by atoms with Crippen LogP contribution in [0.15, 0.2) is 0 Å². The van der Waals surface area contributed by atoms with Gasteiger partial charge in [0.25, 0.3) is 0 Å². The van der Waals surface area contributed by atoms with E-state index >= 15 is 0 Å². The van der Waals surface area contributed by atoms with E-state index in [0.717, 1.165) is 19.5 Å². The van der Waals surface area contributed by atoms with E-state index in [2.05, 4.69) is 5.32 Å². The Morgan fingerprint density at radius 3 is 2.67 bits per heavy atom. The highest BCUT2D eigenvalue weighted by atomic mass is 16.5. The van der Waals surface area contributed by atoms with Crippen LogP contribution in [0.1, 0.15) is 27.2 Å². The number of likely N-dealkylation sites (N-methyl/N-ethyl adjacent to an activating group) is 1. The highest BCUT2D eigenvalue weighted by Crippen LogP contribution is 2.11. The lowest BCUT2D eigenvalue weighted by atomic mass is 10.2. The molecule has 0 bridgehead atoms. The van der Waals surface area contributed by atoms with E-state index < -0.39 is 0 Å². The van der Waals surface area contributed by atoms with Crippen molar-refractivity contribution < 1.29 is 9.53 Å². The van der Waals surface area contributed by atoms with E-state index in [1.807, 2.05) is 32.7 Å². The van der Waals surface area contributed by atoms with Gasteiger partial charge < -0.3 is 15.0 Å². The standard InChI is InChI=1S/C11H22N2O2/c1-11(2,3)15-8-10(14)13-6-5-9(7-13)12-4/h9,12H,5-8H2,1-4H3. The molecule has 1 atom stereocenters. The molecule has 1 aliphatic heterocycles. The Balaban J connectivity index is 2.30. The molecular weight excluding hydrogens is 192 g/mol. The first kappa shape index (κ1) is 12.5. The topological polar surface area (TPSA) is 41.6 Å². The number of carbonyl (C=O) groups excluding carboxylic acids is 1. The Bertz CT molecular complexity index is 223. The van der Waals surface area contributed by atoms with Crippen LogP contribution in [0.2, 0.25) is 0 Å². The van der Waals surface area contributed by atoms with Crippen molar-refractivity contribution in [1.29, 1.82) is 0 Å². The summed E-state index contributed by atoms with van der Waals surface area (Å²) in [5, 5.41) is 3.19. The summed E-state index contributed by atoms with van der Waals surface area (Å²) >= 11 is 0. The van der Waals surface area contributed by atoms with Crippen LogP contribution < -0.4 is 5.32 Å². The lowest BCUT2D eigenvalue weighted by molar-refractivity contribution is -0.140. The minimum Gasteiger partial charge on any atom is -0.366 e. The summed E-state index contributed by atoms with van der Waals surface area (Å²) in [6, 6.07) is 0.448. The molecule has 0 radical (unpaired) electrons. The molecule has 1 rings (SSSR count). The highest BCUT2D eigenvalue weighted by molar-refractivity contribution is 5.77. The van der Waals surface area contributed by atoms with Gasteiger partial charge in [0.2, 0.25) is 5.91 Å². The van der Waals surface area contributed by atoms with Gasteiger partial charge in [-0.25, -0.2) is 0 Å². The zero-order valence-electron chi connectivity index (χ0n) is 10.2. The first-order chi connectivity index (χ1) is 6.92. The van der Waals surface area contributed by atoms with Crippen LogP contribution in [0.5, 0.6) is 0 Å². The molecule has 15 heavy (non-hydrogen) atoms. The van der Waals surface area contributed by atoms with Gasteiger partial charge in [0.15, 0.2) is 0 Å². The number of nitrogens with zero attached hydrogens (tertiary/aromatic N) is 1. The van der Waals surface area contributed by atoms with Crippen LogP contribution in [-0.2, 0) is 9.53 Å². The van der Waals surface area contributed by atoms with Crippen LogP contribution in [-0.4, -0.2) is 49.2 Å². The Morgan fingerprint density at radius 2 is 2.20 bits per heavy atom. The molecule has 0 aromatic rings. The number of ether oxygens (including phenoxy) is 1. The SMILES string of the molecule is CNC1CCN(C(=O)COC(C)(C)C)C1. The number of amides is 1. The average molecular weight is 214 g/mol. The van der Waals surface area contributed by atoms with Gasteiger partial charge in [0.1, 0.15) is 6.61 Å². The van der Waals surface area contributed by atoms with Crippen molar-refractivity contribution in [3.05, 3.63) is 0 Å². The lowest BCUT2D eigenvalue weighted by Gasteiger charge is -2.22. The summed E-state index contributed by atoms with van der Waals surface area (Å²) in [6.07, 6.45) is 1.04. The van der Waals surface area contributed by atoms with E-state index in [0.29, 0.717) is 6.04 Å². The van der Waals surface area contributed by atoms with Gasteiger partial charge in [-0.05, 0) is 34.2 Å². The predicted octanol–water partition coefficient (Wildman–Crippen LogP) is 0.622. The van der Waals surface area contributed by atoms with Crippen molar-refractivity contribution in [2.45, 2.75) is 38.8 Å². The Morgan fingerprint density at radius 1 is 1.53 bits per heavy atom. The van der Waals surface area contributed by atoms with E-state index in [4.69, 9.17) is 4.74 Å². The van der Waals surface area contributed by atoms with Crippen molar-refractivity contribution in [3.63, 3.8) is 0 Å². The maximum atomic E-state index is 11.7. The van der Waals surface area contributed by atoms with Crippen LogP contribution >= 0.6 is 0 Å². The molecule has 0 aromatic carbocycles. The molecule has 1 fully saturated rings. The molecule has 4 heteroatoms. The molecule has 0 saturated carbocycles. The third kappa shape index (κ3) is 4.18. The summed E-state index contributed by atoms with van der Waals surface area (Å²) in [5.41, 5.74) is -0.238. The molecule has 1 saturated heterocycles. The maximum Gasteiger partial charge on any atom is 0.248 e. The molecule has 0 aromatic heterocycles. The van der Waals surface area contributed by atoms with Crippen molar-refractivity contribution in [2.75, 3.05) is 26.7 Å².